The fraction of sp³-hybridized carbons (Fsp3) is 0.571. The topological polar surface area (TPSA) is 12.0 Å². The number of rotatable bonds is 3. The lowest BCUT2D eigenvalue weighted by Crippen LogP contribution is -2.24. The van der Waals surface area contributed by atoms with E-state index >= 15 is 0 Å². The average Bonchev–Trinajstić information content (AvgIpc) is 2.67. The van der Waals surface area contributed by atoms with E-state index in [-0.39, 0.29) is 16.3 Å². The van der Waals surface area contributed by atoms with Crippen molar-refractivity contribution in [2.75, 3.05) is 7.05 Å². The lowest BCUT2D eigenvalue weighted by Gasteiger charge is -2.24. The van der Waals surface area contributed by atoms with Crippen LogP contribution in [0.1, 0.15) is 31.7 Å². The van der Waals surface area contributed by atoms with Crippen LogP contribution in [0.2, 0.25) is 5.02 Å². The minimum atomic E-state index is -0.247. The van der Waals surface area contributed by atoms with E-state index in [2.05, 4.69) is 12.2 Å². The summed E-state index contributed by atoms with van der Waals surface area (Å²) in [7, 11) is 2.00. The second-order valence-electron chi connectivity index (χ2n) is 5.43. The number of benzene rings is 1. The molecular formula is C14H19ClFN. The smallest absolute Gasteiger partial charge is 0.144 e. The van der Waals surface area contributed by atoms with Crippen molar-refractivity contribution < 1.29 is 4.39 Å². The summed E-state index contributed by atoms with van der Waals surface area (Å²) in [5.41, 5.74) is 0.941. The van der Waals surface area contributed by atoms with Crippen molar-refractivity contribution in [2.24, 2.45) is 5.41 Å². The highest BCUT2D eigenvalue weighted by molar-refractivity contribution is 6.30. The van der Waals surface area contributed by atoms with Gasteiger partial charge in [0.2, 0.25) is 0 Å². The number of nitrogens with one attached hydrogen (secondary N) is 1. The maximum absolute atomic E-state index is 13.9. The molecule has 1 saturated carbocycles. The molecule has 94 valence electrons. The SMILES string of the molecule is CNC1CCC(C)(Cc2cccc(Cl)c2F)C1. The van der Waals surface area contributed by atoms with E-state index < -0.39 is 0 Å². The molecular weight excluding hydrogens is 237 g/mol. The van der Waals surface area contributed by atoms with Crippen LogP contribution in [0.25, 0.3) is 0 Å². The summed E-state index contributed by atoms with van der Waals surface area (Å²) in [5.74, 6) is -0.247. The van der Waals surface area contributed by atoms with Gasteiger partial charge in [-0.15, -0.1) is 0 Å². The number of hydrogen-bond acceptors (Lipinski definition) is 1. The van der Waals surface area contributed by atoms with Gasteiger partial charge >= 0.3 is 0 Å². The van der Waals surface area contributed by atoms with Crippen LogP contribution in [0, 0.1) is 11.2 Å². The largest absolute Gasteiger partial charge is 0.317 e. The normalized spacial score (nSPS) is 28.6. The van der Waals surface area contributed by atoms with Gasteiger partial charge in [-0.1, -0.05) is 30.7 Å². The molecule has 2 atom stereocenters. The summed E-state index contributed by atoms with van der Waals surface area (Å²) in [6.45, 7) is 2.24. The van der Waals surface area contributed by atoms with Gasteiger partial charge in [0.1, 0.15) is 5.82 Å². The predicted octanol–water partition coefficient (Wildman–Crippen LogP) is 3.80. The molecule has 1 N–H and O–H groups in total. The Morgan fingerprint density at radius 2 is 2.29 bits per heavy atom. The van der Waals surface area contributed by atoms with Crippen molar-refractivity contribution in [1.82, 2.24) is 5.32 Å². The van der Waals surface area contributed by atoms with Crippen LogP contribution < -0.4 is 5.32 Å². The minimum absolute atomic E-state index is 0.194. The minimum Gasteiger partial charge on any atom is -0.317 e. The molecule has 0 spiro atoms. The first kappa shape index (κ1) is 12.8. The summed E-state index contributed by atoms with van der Waals surface area (Å²) in [6, 6.07) is 5.85. The van der Waals surface area contributed by atoms with Crippen molar-refractivity contribution in [3.8, 4) is 0 Å². The quantitative estimate of drug-likeness (QED) is 0.866. The zero-order valence-corrected chi connectivity index (χ0v) is 11.1. The fourth-order valence-electron chi connectivity index (χ4n) is 2.87. The highest BCUT2D eigenvalue weighted by Gasteiger charge is 2.35. The number of halogens is 2. The highest BCUT2D eigenvalue weighted by atomic mass is 35.5. The van der Waals surface area contributed by atoms with Crippen LogP contribution in [-0.2, 0) is 6.42 Å². The van der Waals surface area contributed by atoms with Gasteiger partial charge in [-0.25, -0.2) is 4.39 Å². The van der Waals surface area contributed by atoms with Crippen LogP contribution in [0.3, 0.4) is 0 Å². The number of hydrogen-bond donors (Lipinski definition) is 1. The molecule has 2 unspecified atom stereocenters. The maximum Gasteiger partial charge on any atom is 0.144 e. The summed E-state index contributed by atoms with van der Waals surface area (Å²) in [6.07, 6.45) is 4.20. The van der Waals surface area contributed by atoms with Crippen LogP contribution >= 0.6 is 11.6 Å². The van der Waals surface area contributed by atoms with E-state index in [0.717, 1.165) is 24.8 Å². The van der Waals surface area contributed by atoms with Crippen molar-refractivity contribution in [3.63, 3.8) is 0 Å². The summed E-state index contributed by atoms with van der Waals surface area (Å²) in [4.78, 5) is 0. The zero-order valence-electron chi connectivity index (χ0n) is 10.4. The van der Waals surface area contributed by atoms with Crippen molar-refractivity contribution in [3.05, 3.63) is 34.6 Å². The Bertz CT molecular complexity index is 407. The van der Waals surface area contributed by atoms with E-state index in [4.69, 9.17) is 11.6 Å². The molecule has 1 fully saturated rings. The van der Waals surface area contributed by atoms with Gasteiger partial charge in [-0.05, 0) is 49.8 Å². The average molecular weight is 256 g/mol. The molecule has 1 aliphatic carbocycles. The fourth-order valence-corrected chi connectivity index (χ4v) is 3.07. The summed E-state index contributed by atoms with van der Waals surface area (Å²) >= 11 is 5.81. The van der Waals surface area contributed by atoms with E-state index in [1.165, 1.54) is 6.42 Å². The van der Waals surface area contributed by atoms with E-state index in [1.54, 1.807) is 6.07 Å². The van der Waals surface area contributed by atoms with Crippen molar-refractivity contribution in [1.29, 1.82) is 0 Å². The second-order valence-corrected chi connectivity index (χ2v) is 5.84. The Kier molecular flexibility index (Phi) is 3.74. The maximum atomic E-state index is 13.9. The lowest BCUT2D eigenvalue weighted by atomic mass is 9.82. The van der Waals surface area contributed by atoms with Crippen LogP contribution in [-0.4, -0.2) is 13.1 Å². The Labute approximate surface area is 107 Å². The first-order chi connectivity index (χ1) is 8.04. The third kappa shape index (κ3) is 2.80. The molecule has 0 amide bonds. The monoisotopic (exact) mass is 255 g/mol. The van der Waals surface area contributed by atoms with Crippen molar-refractivity contribution in [2.45, 2.75) is 38.6 Å². The molecule has 17 heavy (non-hydrogen) atoms. The van der Waals surface area contributed by atoms with Gasteiger partial charge in [0.05, 0.1) is 5.02 Å². The van der Waals surface area contributed by atoms with Crippen LogP contribution in [0.4, 0.5) is 4.39 Å². The Balaban J connectivity index is 2.13. The molecule has 1 nitrogen and oxygen atoms in total. The first-order valence-corrected chi connectivity index (χ1v) is 6.52. The van der Waals surface area contributed by atoms with Crippen LogP contribution in [0.5, 0.6) is 0 Å². The molecule has 1 aliphatic rings. The van der Waals surface area contributed by atoms with E-state index in [1.807, 2.05) is 19.2 Å². The third-order valence-corrected chi connectivity index (χ3v) is 4.18. The first-order valence-electron chi connectivity index (χ1n) is 6.14. The van der Waals surface area contributed by atoms with Gasteiger partial charge in [-0.3, -0.25) is 0 Å². The summed E-state index contributed by atoms with van der Waals surface area (Å²) < 4.78 is 13.9. The third-order valence-electron chi connectivity index (χ3n) is 3.89. The molecule has 0 aromatic heterocycles. The molecule has 2 rings (SSSR count). The molecule has 1 aromatic rings. The molecule has 3 heteroatoms. The molecule has 0 radical (unpaired) electrons. The Morgan fingerprint density at radius 1 is 1.53 bits per heavy atom. The zero-order chi connectivity index (χ0) is 12.5. The second kappa shape index (κ2) is 4.95. The molecule has 0 saturated heterocycles. The Morgan fingerprint density at radius 3 is 2.94 bits per heavy atom. The van der Waals surface area contributed by atoms with Gasteiger partial charge in [-0.2, -0.15) is 0 Å². The molecule has 0 bridgehead atoms. The Hall–Kier alpha value is -0.600. The highest BCUT2D eigenvalue weighted by Crippen LogP contribution is 2.41. The molecule has 0 heterocycles. The van der Waals surface area contributed by atoms with E-state index in [9.17, 15) is 4.39 Å². The molecule has 0 aliphatic heterocycles. The van der Waals surface area contributed by atoms with Gasteiger partial charge in [0, 0.05) is 6.04 Å². The van der Waals surface area contributed by atoms with E-state index in [0.29, 0.717) is 6.04 Å². The van der Waals surface area contributed by atoms with Gasteiger partial charge < -0.3 is 5.32 Å². The predicted molar refractivity (Wildman–Crippen MR) is 69.9 cm³/mol. The standard InChI is InChI=1S/C14H19ClFN/c1-14(7-6-11(9-14)17-2)8-10-4-3-5-12(15)13(10)16/h3-5,11,17H,6-9H2,1-2H3. The summed E-state index contributed by atoms with van der Waals surface area (Å²) in [5, 5.41) is 3.54. The van der Waals surface area contributed by atoms with Gasteiger partial charge in [0.15, 0.2) is 0 Å². The van der Waals surface area contributed by atoms with Crippen LogP contribution in [0.15, 0.2) is 18.2 Å². The van der Waals surface area contributed by atoms with Crippen molar-refractivity contribution >= 4 is 11.6 Å². The lowest BCUT2D eigenvalue weighted by molar-refractivity contribution is 0.320. The van der Waals surface area contributed by atoms with Gasteiger partial charge in [0.25, 0.3) is 0 Å². The molecule has 1 aromatic carbocycles.